The van der Waals surface area contributed by atoms with Gasteiger partial charge in [0.2, 0.25) is 0 Å². The maximum atomic E-state index is 11.5. The highest BCUT2D eigenvalue weighted by atomic mass is 32.2. The van der Waals surface area contributed by atoms with Crippen molar-refractivity contribution >= 4 is 17.7 Å². The number of hydrogen-bond acceptors (Lipinski definition) is 5. The van der Waals surface area contributed by atoms with E-state index < -0.39 is 0 Å². The Labute approximate surface area is 184 Å². The SMILES string of the molecule is CCOC(=O)CCCCc1nccnc1C#Cc1cc2c(cc1C)SCCC2(C)C. The smallest absolute Gasteiger partial charge is 0.305 e. The molecule has 3 rings (SSSR count). The third kappa shape index (κ3) is 5.64. The van der Waals surface area contributed by atoms with Gasteiger partial charge in [-0.2, -0.15) is 0 Å². The van der Waals surface area contributed by atoms with E-state index in [1.54, 1.807) is 12.4 Å². The monoisotopic (exact) mass is 422 g/mol. The van der Waals surface area contributed by atoms with Crippen LogP contribution >= 0.6 is 11.8 Å². The van der Waals surface area contributed by atoms with E-state index in [4.69, 9.17) is 4.74 Å². The van der Waals surface area contributed by atoms with Crippen molar-refractivity contribution in [1.82, 2.24) is 9.97 Å². The number of ether oxygens (including phenoxy) is 1. The second-order valence-electron chi connectivity index (χ2n) is 8.26. The van der Waals surface area contributed by atoms with E-state index in [9.17, 15) is 4.79 Å². The molecule has 0 N–H and O–H groups in total. The lowest BCUT2D eigenvalue weighted by Gasteiger charge is -2.32. The Morgan fingerprint density at radius 2 is 2.00 bits per heavy atom. The van der Waals surface area contributed by atoms with Crippen LogP contribution in [0, 0.1) is 18.8 Å². The highest BCUT2D eigenvalue weighted by Crippen LogP contribution is 2.42. The summed E-state index contributed by atoms with van der Waals surface area (Å²) in [6.07, 6.45) is 7.40. The molecule has 1 aliphatic rings. The molecule has 0 amide bonds. The molecule has 0 spiro atoms. The summed E-state index contributed by atoms with van der Waals surface area (Å²) in [6.45, 7) is 9.01. The molecule has 0 aliphatic carbocycles. The lowest BCUT2D eigenvalue weighted by molar-refractivity contribution is -0.143. The van der Waals surface area contributed by atoms with Gasteiger partial charge in [-0.3, -0.25) is 9.78 Å². The Hall–Kier alpha value is -2.32. The van der Waals surface area contributed by atoms with Gasteiger partial charge in [0, 0.05) is 29.3 Å². The van der Waals surface area contributed by atoms with E-state index in [-0.39, 0.29) is 11.4 Å². The topological polar surface area (TPSA) is 52.1 Å². The van der Waals surface area contributed by atoms with Crippen molar-refractivity contribution in [3.63, 3.8) is 0 Å². The van der Waals surface area contributed by atoms with Crippen LogP contribution in [-0.2, 0) is 21.4 Å². The van der Waals surface area contributed by atoms with Gasteiger partial charge in [0.15, 0.2) is 0 Å². The van der Waals surface area contributed by atoms with Crippen molar-refractivity contribution < 1.29 is 9.53 Å². The number of carbonyl (C=O) groups excluding carboxylic acids is 1. The summed E-state index contributed by atoms with van der Waals surface area (Å²) in [6, 6.07) is 4.54. The first-order valence-corrected chi connectivity index (χ1v) is 11.6. The van der Waals surface area contributed by atoms with Crippen LogP contribution in [0.3, 0.4) is 0 Å². The molecule has 158 valence electrons. The number of fused-ring (bicyclic) bond motifs is 1. The number of hydrogen-bond donors (Lipinski definition) is 0. The zero-order valence-corrected chi connectivity index (χ0v) is 19.2. The molecule has 0 fully saturated rings. The van der Waals surface area contributed by atoms with E-state index in [1.165, 1.54) is 28.2 Å². The highest BCUT2D eigenvalue weighted by molar-refractivity contribution is 7.99. The van der Waals surface area contributed by atoms with Crippen molar-refractivity contribution in [2.45, 2.75) is 70.1 Å². The predicted octanol–water partition coefficient (Wildman–Crippen LogP) is 5.23. The minimum atomic E-state index is -0.138. The van der Waals surface area contributed by atoms with Crippen molar-refractivity contribution in [2.75, 3.05) is 12.4 Å². The van der Waals surface area contributed by atoms with Gasteiger partial charge in [0.05, 0.1) is 12.3 Å². The van der Waals surface area contributed by atoms with Crippen LogP contribution in [0.1, 0.15) is 74.5 Å². The van der Waals surface area contributed by atoms with Gasteiger partial charge in [0.1, 0.15) is 5.69 Å². The summed E-state index contributed by atoms with van der Waals surface area (Å²) < 4.78 is 4.98. The van der Waals surface area contributed by atoms with Gasteiger partial charge in [-0.05, 0) is 79.9 Å². The van der Waals surface area contributed by atoms with Gasteiger partial charge >= 0.3 is 5.97 Å². The van der Waals surface area contributed by atoms with E-state index in [0.717, 1.165) is 36.2 Å². The fourth-order valence-electron chi connectivity index (χ4n) is 3.59. The van der Waals surface area contributed by atoms with Crippen LogP contribution in [-0.4, -0.2) is 28.3 Å². The molecule has 1 aliphatic heterocycles. The number of esters is 1. The van der Waals surface area contributed by atoms with Crippen LogP contribution in [0.5, 0.6) is 0 Å². The fourth-order valence-corrected chi connectivity index (χ4v) is 5.17. The zero-order valence-electron chi connectivity index (χ0n) is 18.4. The minimum absolute atomic E-state index is 0.138. The number of benzene rings is 1. The minimum Gasteiger partial charge on any atom is -0.466 e. The van der Waals surface area contributed by atoms with Gasteiger partial charge in [-0.15, -0.1) is 11.8 Å². The quantitative estimate of drug-likeness (QED) is 0.362. The molecule has 2 aromatic rings. The van der Waals surface area contributed by atoms with Crippen molar-refractivity contribution in [3.05, 3.63) is 52.6 Å². The number of aromatic nitrogens is 2. The summed E-state index contributed by atoms with van der Waals surface area (Å²) in [4.78, 5) is 21.8. The first-order chi connectivity index (χ1) is 14.4. The molecule has 0 unspecified atom stereocenters. The second-order valence-corrected chi connectivity index (χ2v) is 9.40. The molecule has 0 saturated carbocycles. The average Bonchev–Trinajstić information content (AvgIpc) is 2.70. The molecule has 2 heterocycles. The number of thioether (sulfide) groups is 1. The highest BCUT2D eigenvalue weighted by Gasteiger charge is 2.28. The number of unbranched alkanes of at least 4 members (excludes halogenated alkanes) is 1. The van der Waals surface area contributed by atoms with Crippen LogP contribution in [0.15, 0.2) is 29.4 Å². The first-order valence-electron chi connectivity index (χ1n) is 10.7. The Balaban J connectivity index is 1.75. The Kier molecular flexibility index (Phi) is 7.55. The summed E-state index contributed by atoms with van der Waals surface area (Å²) in [5, 5.41) is 0. The number of aryl methyl sites for hydroxylation is 2. The predicted molar refractivity (Wildman–Crippen MR) is 122 cm³/mol. The summed E-state index contributed by atoms with van der Waals surface area (Å²) in [5.74, 6) is 7.63. The molecule has 0 atom stereocenters. The normalized spacial score (nSPS) is 14.4. The van der Waals surface area contributed by atoms with Crippen molar-refractivity contribution in [3.8, 4) is 11.8 Å². The Morgan fingerprint density at radius 3 is 2.80 bits per heavy atom. The van der Waals surface area contributed by atoms with Gasteiger partial charge in [-0.25, -0.2) is 4.98 Å². The summed E-state index contributed by atoms with van der Waals surface area (Å²) >= 11 is 1.94. The van der Waals surface area contributed by atoms with Gasteiger partial charge in [0.25, 0.3) is 0 Å². The summed E-state index contributed by atoms with van der Waals surface area (Å²) in [5.41, 5.74) is 5.45. The van der Waals surface area contributed by atoms with Crippen LogP contribution in [0.2, 0.25) is 0 Å². The maximum Gasteiger partial charge on any atom is 0.305 e. The molecule has 4 nitrogen and oxygen atoms in total. The third-order valence-electron chi connectivity index (χ3n) is 5.48. The molecule has 1 aromatic carbocycles. The third-order valence-corrected chi connectivity index (χ3v) is 6.54. The molecule has 0 radical (unpaired) electrons. The Bertz CT molecular complexity index is 973. The van der Waals surface area contributed by atoms with Crippen LogP contribution in [0.4, 0.5) is 0 Å². The zero-order chi connectivity index (χ0) is 21.6. The fraction of sp³-hybridized carbons (Fsp3) is 0.480. The number of nitrogens with zero attached hydrogens (tertiary/aromatic N) is 2. The average molecular weight is 423 g/mol. The molecule has 0 saturated heterocycles. The van der Waals surface area contributed by atoms with E-state index in [1.807, 2.05) is 18.7 Å². The van der Waals surface area contributed by atoms with Crippen LogP contribution in [0.25, 0.3) is 0 Å². The maximum absolute atomic E-state index is 11.5. The lowest BCUT2D eigenvalue weighted by Crippen LogP contribution is -2.23. The largest absolute Gasteiger partial charge is 0.466 e. The number of rotatable bonds is 6. The molecule has 5 heteroatoms. The molecular weight excluding hydrogens is 392 g/mol. The van der Waals surface area contributed by atoms with Crippen molar-refractivity contribution in [2.24, 2.45) is 0 Å². The standard InChI is InChI=1S/C25H30N2O2S/c1-5-29-24(28)9-7-6-8-21-22(27-14-13-26-21)11-10-19-17-20-23(16-18(19)2)30-15-12-25(20,3)4/h13-14,16-17H,5-9,12,15H2,1-4H3. The van der Waals surface area contributed by atoms with E-state index in [0.29, 0.717) is 13.0 Å². The van der Waals surface area contributed by atoms with Crippen molar-refractivity contribution in [1.29, 1.82) is 0 Å². The lowest BCUT2D eigenvalue weighted by atomic mass is 9.80. The molecular formula is C25H30N2O2S. The van der Waals surface area contributed by atoms with Gasteiger partial charge in [-0.1, -0.05) is 19.8 Å². The van der Waals surface area contributed by atoms with E-state index in [2.05, 4.69) is 54.7 Å². The van der Waals surface area contributed by atoms with Crippen LogP contribution < -0.4 is 0 Å². The Morgan fingerprint density at radius 1 is 1.20 bits per heavy atom. The molecule has 1 aromatic heterocycles. The van der Waals surface area contributed by atoms with E-state index >= 15 is 0 Å². The second kappa shape index (κ2) is 10.1. The molecule has 30 heavy (non-hydrogen) atoms. The number of carbonyl (C=O) groups is 1. The van der Waals surface area contributed by atoms with Gasteiger partial charge < -0.3 is 4.74 Å². The summed E-state index contributed by atoms with van der Waals surface area (Å²) in [7, 11) is 0. The molecule has 0 bridgehead atoms. The first kappa shape index (κ1) is 22.4.